The van der Waals surface area contributed by atoms with Crippen molar-refractivity contribution in [1.29, 1.82) is 0 Å². The summed E-state index contributed by atoms with van der Waals surface area (Å²) in [6.07, 6.45) is 1.86. The van der Waals surface area contributed by atoms with E-state index in [-0.39, 0.29) is 16.1 Å². The van der Waals surface area contributed by atoms with E-state index in [4.69, 9.17) is 0 Å². The third-order valence-electron chi connectivity index (χ3n) is 5.19. The summed E-state index contributed by atoms with van der Waals surface area (Å²) in [7, 11) is -3.58. The van der Waals surface area contributed by atoms with Crippen LogP contribution in [-0.4, -0.2) is 43.2 Å². The van der Waals surface area contributed by atoms with Gasteiger partial charge in [0.05, 0.1) is 9.82 Å². The van der Waals surface area contributed by atoms with Crippen molar-refractivity contribution >= 4 is 33.0 Å². The molecular weight excluding hydrogens is 420 g/mol. The highest BCUT2D eigenvalue weighted by molar-refractivity contribution is 7.89. The van der Waals surface area contributed by atoms with E-state index in [0.717, 1.165) is 12.8 Å². The Balaban J connectivity index is 1.74. The number of hydrogen-bond acceptors (Lipinski definition) is 6. The van der Waals surface area contributed by atoms with E-state index >= 15 is 0 Å². The lowest BCUT2D eigenvalue weighted by atomic mass is 10.0. The maximum Gasteiger partial charge on any atom is 0.293 e. The van der Waals surface area contributed by atoms with Gasteiger partial charge >= 0.3 is 0 Å². The third kappa shape index (κ3) is 5.20. The van der Waals surface area contributed by atoms with Crippen LogP contribution in [-0.2, 0) is 10.0 Å². The Hall–Kier alpha value is -2.98. The van der Waals surface area contributed by atoms with E-state index in [9.17, 15) is 23.3 Å². The van der Waals surface area contributed by atoms with Crippen LogP contribution in [0.4, 0.5) is 17.1 Å². The summed E-state index contributed by atoms with van der Waals surface area (Å²) < 4.78 is 27.2. The number of benzene rings is 2. The molecule has 166 valence electrons. The van der Waals surface area contributed by atoms with Crippen LogP contribution in [0.3, 0.4) is 0 Å². The van der Waals surface area contributed by atoms with Crippen LogP contribution in [0.1, 0.15) is 37.0 Å². The first-order chi connectivity index (χ1) is 14.7. The van der Waals surface area contributed by atoms with Crippen molar-refractivity contribution < 1.29 is 18.1 Å². The number of carbonyl (C=O) groups is 1. The quantitative estimate of drug-likeness (QED) is 0.494. The summed E-state index contributed by atoms with van der Waals surface area (Å²) in [4.78, 5) is 23.5. The predicted octanol–water partition coefficient (Wildman–Crippen LogP) is 3.70. The van der Waals surface area contributed by atoms with E-state index in [1.54, 1.807) is 0 Å². The van der Waals surface area contributed by atoms with E-state index in [0.29, 0.717) is 36.9 Å². The minimum atomic E-state index is -3.58. The van der Waals surface area contributed by atoms with Crippen molar-refractivity contribution in [2.45, 2.75) is 31.6 Å². The maximum absolute atomic E-state index is 12.8. The molecule has 1 aliphatic heterocycles. The number of anilines is 2. The van der Waals surface area contributed by atoms with E-state index in [1.807, 2.05) is 13.8 Å². The summed E-state index contributed by atoms with van der Waals surface area (Å²) in [5.41, 5.74) is 0.680. The van der Waals surface area contributed by atoms with Gasteiger partial charge in [-0.25, -0.2) is 8.42 Å². The molecule has 31 heavy (non-hydrogen) atoms. The first-order valence-electron chi connectivity index (χ1n) is 10.2. The first kappa shape index (κ1) is 22.7. The zero-order valence-electron chi connectivity index (χ0n) is 17.5. The minimum absolute atomic E-state index is 0.132. The summed E-state index contributed by atoms with van der Waals surface area (Å²) in [5.74, 6) is -0.198. The highest BCUT2D eigenvalue weighted by atomic mass is 32.2. The summed E-state index contributed by atoms with van der Waals surface area (Å²) >= 11 is 0. The molecular formula is C21H26N4O5S. The molecule has 1 fully saturated rings. The predicted molar refractivity (Wildman–Crippen MR) is 119 cm³/mol. The summed E-state index contributed by atoms with van der Waals surface area (Å²) in [5, 5.41) is 16.8. The van der Waals surface area contributed by atoms with Gasteiger partial charge in [0.2, 0.25) is 10.0 Å². The number of sulfonamides is 1. The molecule has 1 saturated heterocycles. The fourth-order valence-corrected chi connectivity index (χ4v) is 5.19. The average Bonchev–Trinajstić information content (AvgIpc) is 2.74. The van der Waals surface area contributed by atoms with Crippen molar-refractivity contribution in [3.8, 4) is 0 Å². The first-order valence-corrected chi connectivity index (χ1v) is 11.6. The Morgan fingerprint density at radius 1 is 1.23 bits per heavy atom. The molecule has 2 aromatic rings. The standard InChI is InChI=1S/C21H26N4O5S/c1-3-22-19-11-6-16(13-20(19)25(27)28)21(26)23-17-7-9-18(10-8-17)31(29,30)24-12-4-5-15(2)14-24/h6-11,13,15,22H,3-5,12,14H2,1-2H3,(H,23,26). The number of nitro benzene ring substituents is 1. The molecule has 0 radical (unpaired) electrons. The van der Waals surface area contributed by atoms with Crippen molar-refractivity contribution in [3.05, 3.63) is 58.1 Å². The number of nitrogens with zero attached hydrogens (tertiary/aromatic N) is 2. The highest BCUT2D eigenvalue weighted by Crippen LogP contribution is 2.27. The lowest BCUT2D eigenvalue weighted by Gasteiger charge is -2.30. The minimum Gasteiger partial charge on any atom is -0.380 e. The molecule has 1 atom stereocenters. The van der Waals surface area contributed by atoms with Gasteiger partial charge in [-0.1, -0.05) is 6.92 Å². The lowest BCUT2D eigenvalue weighted by Crippen LogP contribution is -2.39. The van der Waals surface area contributed by atoms with Crippen molar-refractivity contribution in [2.24, 2.45) is 5.92 Å². The lowest BCUT2D eigenvalue weighted by molar-refractivity contribution is -0.384. The SMILES string of the molecule is CCNc1ccc(C(=O)Nc2ccc(S(=O)(=O)N3CCCC(C)C3)cc2)cc1[N+](=O)[O-]. The van der Waals surface area contributed by atoms with Crippen LogP contribution in [0.25, 0.3) is 0 Å². The normalized spacial score (nSPS) is 17.2. The summed E-state index contributed by atoms with van der Waals surface area (Å²) in [6, 6.07) is 10.1. The fraction of sp³-hybridized carbons (Fsp3) is 0.381. The van der Waals surface area contributed by atoms with Gasteiger partial charge in [-0.05, 0) is 62.1 Å². The van der Waals surface area contributed by atoms with Gasteiger partial charge < -0.3 is 10.6 Å². The Labute approximate surface area is 181 Å². The molecule has 9 nitrogen and oxygen atoms in total. The molecule has 0 aliphatic carbocycles. The maximum atomic E-state index is 12.8. The van der Waals surface area contributed by atoms with Crippen molar-refractivity contribution in [3.63, 3.8) is 0 Å². The topological polar surface area (TPSA) is 122 Å². The van der Waals surface area contributed by atoms with E-state index < -0.39 is 20.9 Å². The second-order valence-corrected chi connectivity index (χ2v) is 9.55. The van der Waals surface area contributed by atoms with E-state index in [1.165, 1.54) is 46.8 Å². The van der Waals surface area contributed by atoms with Gasteiger partial charge in [0.1, 0.15) is 5.69 Å². The fourth-order valence-electron chi connectivity index (χ4n) is 3.59. The second kappa shape index (κ2) is 9.44. The van der Waals surface area contributed by atoms with Gasteiger partial charge in [0.25, 0.3) is 11.6 Å². The van der Waals surface area contributed by atoms with Crippen LogP contribution in [0.15, 0.2) is 47.4 Å². The Morgan fingerprint density at radius 3 is 2.55 bits per heavy atom. The molecule has 0 saturated carbocycles. The monoisotopic (exact) mass is 446 g/mol. The van der Waals surface area contributed by atoms with Gasteiger partial charge in [0, 0.05) is 37.0 Å². The molecule has 2 aromatic carbocycles. The number of amides is 1. The second-order valence-electron chi connectivity index (χ2n) is 7.61. The van der Waals surface area contributed by atoms with Crippen molar-refractivity contribution in [1.82, 2.24) is 4.31 Å². The molecule has 0 spiro atoms. The van der Waals surface area contributed by atoms with Crippen LogP contribution in [0, 0.1) is 16.0 Å². The Morgan fingerprint density at radius 2 is 1.94 bits per heavy atom. The smallest absolute Gasteiger partial charge is 0.293 e. The van der Waals surface area contributed by atoms with Gasteiger partial charge in [-0.15, -0.1) is 0 Å². The number of nitrogens with one attached hydrogen (secondary N) is 2. The number of nitro groups is 1. The number of hydrogen-bond donors (Lipinski definition) is 2. The number of piperidine rings is 1. The number of carbonyl (C=O) groups excluding carboxylic acids is 1. The van der Waals surface area contributed by atoms with Gasteiger partial charge in [-0.2, -0.15) is 4.31 Å². The van der Waals surface area contributed by atoms with Crippen LogP contribution in [0.5, 0.6) is 0 Å². The molecule has 1 heterocycles. The molecule has 1 aliphatic rings. The molecule has 1 amide bonds. The number of rotatable bonds is 7. The Kier molecular flexibility index (Phi) is 6.91. The molecule has 10 heteroatoms. The summed E-state index contributed by atoms with van der Waals surface area (Å²) in [6.45, 7) is 5.38. The molecule has 0 aromatic heterocycles. The van der Waals surface area contributed by atoms with Crippen LogP contribution < -0.4 is 10.6 Å². The third-order valence-corrected chi connectivity index (χ3v) is 7.07. The molecule has 3 rings (SSSR count). The van der Waals surface area contributed by atoms with Gasteiger partial charge in [0.15, 0.2) is 0 Å². The van der Waals surface area contributed by atoms with Gasteiger partial charge in [-0.3, -0.25) is 14.9 Å². The zero-order chi connectivity index (χ0) is 22.6. The largest absolute Gasteiger partial charge is 0.380 e. The van der Waals surface area contributed by atoms with Crippen LogP contribution >= 0.6 is 0 Å². The van der Waals surface area contributed by atoms with Crippen LogP contribution in [0.2, 0.25) is 0 Å². The molecule has 0 bridgehead atoms. The zero-order valence-corrected chi connectivity index (χ0v) is 18.3. The molecule has 1 unspecified atom stereocenters. The van der Waals surface area contributed by atoms with Crippen molar-refractivity contribution in [2.75, 3.05) is 30.3 Å². The Bertz CT molecular complexity index is 1070. The average molecular weight is 447 g/mol. The molecule has 2 N–H and O–H groups in total. The van der Waals surface area contributed by atoms with E-state index in [2.05, 4.69) is 10.6 Å². The highest BCUT2D eigenvalue weighted by Gasteiger charge is 2.28.